The molecule has 0 saturated heterocycles. The van der Waals surface area contributed by atoms with E-state index in [0.717, 1.165) is 11.3 Å². The van der Waals surface area contributed by atoms with Crippen LogP contribution in [0.4, 0.5) is 4.79 Å². The number of amides is 1. The number of nitrogens with one attached hydrogen (secondary N) is 1. The molecular weight excluding hydrogens is 430 g/mol. The van der Waals surface area contributed by atoms with E-state index in [-0.39, 0.29) is 17.2 Å². The lowest BCUT2D eigenvalue weighted by Crippen LogP contribution is -2.16. The average Bonchev–Trinajstić information content (AvgIpc) is 3.12. The number of allylic oxidation sites excluding steroid dienone is 2. The van der Waals surface area contributed by atoms with Gasteiger partial charge in [0.15, 0.2) is 5.78 Å². The molecule has 3 N–H and O–H groups in total. The second-order valence-corrected chi connectivity index (χ2v) is 9.29. The van der Waals surface area contributed by atoms with Crippen molar-refractivity contribution in [1.29, 1.82) is 0 Å². The Kier molecular flexibility index (Phi) is 9.02. The van der Waals surface area contributed by atoms with Crippen LogP contribution in [0.3, 0.4) is 0 Å². The van der Waals surface area contributed by atoms with E-state index in [0.29, 0.717) is 24.3 Å². The molecule has 2 rings (SSSR count). The van der Waals surface area contributed by atoms with E-state index >= 15 is 0 Å². The molecule has 1 unspecified atom stereocenters. The standard InChI is InChI=1S/C24H29NO6S/c1-14(2)11-17-8-9-18(32-17)12-16(4)22(27)21-19(26)13-20(31-23(21)28)15(3)7-5-6-10-25-24(29)30/h6,8-10,12-15,25-26H,5,7,11H2,1-4H3,(H,29,30)/b10-6?,16-12+. The third-order valence-electron chi connectivity index (χ3n) is 4.76. The van der Waals surface area contributed by atoms with Gasteiger partial charge < -0.3 is 14.6 Å². The number of carbonyl (C=O) groups excluding carboxylic acids is 1. The predicted octanol–water partition coefficient (Wildman–Crippen LogP) is 5.56. The van der Waals surface area contributed by atoms with Gasteiger partial charge in [-0.3, -0.25) is 10.1 Å². The first kappa shape index (κ1) is 25.1. The molecule has 1 amide bonds. The van der Waals surface area contributed by atoms with Crippen molar-refractivity contribution in [1.82, 2.24) is 5.32 Å². The first-order valence-electron chi connectivity index (χ1n) is 10.4. The van der Waals surface area contributed by atoms with Crippen molar-refractivity contribution in [2.45, 2.75) is 52.9 Å². The van der Waals surface area contributed by atoms with E-state index in [4.69, 9.17) is 9.52 Å². The average molecular weight is 460 g/mol. The van der Waals surface area contributed by atoms with Gasteiger partial charge in [0.05, 0.1) is 0 Å². The van der Waals surface area contributed by atoms with Crippen molar-refractivity contribution in [3.05, 3.63) is 67.5 Å². The zero-order valence-electron chi connectivity index (χ0n) is 18.7. The third kappa shape index (κ3) is 7.23. The second-order valence-electron chi connectivity index (χ2n) is 8.09. The Labute approximate surface area is 191 Å². The van der Waals surface area contributed by atoms with E-state index in [1.54, 1.807) is 30.4 Å². The summed E-state index contributed by atoms with van der Waals surface area (Å²) in [4.78, 5) is 37.8. The number of rotatable bonds is 10. The highest BCUT2D eigenvalue weighted by Gasteiger charge is 2.22. The fourth-order valence-corrected chi connectivity index (χ4v) is 4.34. The number of ketones is 1. The van der Waals surface area contributed by atoms with Gasteiger partial charge in [0.2, 0.25) is 0 Å². The molecule has 0 radical (unpaired) electrons. The van der Waals surface area contributed by atoms with Gasteiger partial charge in [-0.15, -0.1) is 11.3 Å². The van der Waals surface area contributed by atoms with Crippen molar-refractivity contribution >= 4 is 29.3 Å². The normalized spacial score (nSPS) is 13.0. The lowest BCUT2D eigenvalue weighted by molar-refractivity contribution is 0.102. The van der Waals surface area contributed by atoms with E-state index in [1.165, 1.54) is 17.1 Å². The van der Waals surface area contributed by atoms with Crippen LogP contribution in [-0.2, 0) is 6.42 Å². The van der Waals surface area contributed by atoms with E-state index in [1.807, 2.05) is 19.1 Å². The largest absolute Gasteiger partial charge is 0.507 e. The molecule has 32 heavy (non-hydrogen) atoms. The molecule has 0 aliphatic rings. The summed E-state index contributed by atoms with van der Waals surface area (Å²) in [5.41, 5.74) is -0.916. The highest BCUT2D eigenvalue weighted by atomic mass is 32.1. The molecule has 0 fully saturated rings. The smallest absolute Gasteiger partial charge is 0.408 e. The molecule has 0 saturated carbocycles. The van der Waals surface area contributed by atoms with Crippen LogP contribution in [0.5, 0.6) is 5.75 Å². The molecule has 0 aliphatic heterocycles. The highest BCUT2D eigenvalue weighted by Crippen LogP contribution is 2.27. The minimum absolute atomic E-state index is 0.214. The van der Waals surface area contributed by atoms with Gasteiger partial charge in [0, 0.05) is 27.9 Å². The van der Waals surface area contributed by atoms with Gasteiger partial charge in [0.1, 0.15) is 17.1 Å². The summed E-state index contributed by atoms with van der Waals surface area (Å²) < 4.78 is 5.32. The number of carboxylic acid groups (broad SMARTS) is 1. The number of aromatic hydroxyl groups is 1. The van der Waals surface area contributed by atoms with Gasteiger partial charge >= 0.3 is 11.7 Å². The van der Waals surface area contributed by atoms with Gasteiger partial charge in [-0.25, -0.2) is 9.59 Å². The van der Waals surface area contributed by atoms with E-state index in [2.05, 4.69) is 19.2 Å². The van der Waals surface area contributed by atoms with Crippen molar-refractivity contribution in [2.75, 3.05) is 0 Å². The lowest BCUT2D eigenvalue weighted by Gasteiger charge is -2.11. The molecular formula is C24H29NO6S. The molecule has 1 atom stereocenters. The Bertz CT molecular complexity index is 1080. The summed E-state index contributed by atoms with van der Waals surface area (Å²) in [7, 11) is 0. The summed E-state index contributed by atoms with van der Waals surface area (Å²) >= 11 is 1.59. The van der Waals surface area contributed by atoms with Crippen molar-refractivity contribution in [3.63, 3.8) is 0 Å². The van der Waals surface area contributed by atoms with Crippen LogP contribution < -0.4 is 10.9 Å². The van der Waals surface area contributed by atoms with Gasteiger partial charge in [-0.2, -0.15) is 0 Å². The van der Waals surface area contributed by atoms with Crippen LogP contribution in [0.1, 0.15) is 72.3 Å². The van der Waals surface area contributed by atoms with Gasteiger partial charge in [-0.1, -0.05) is 26.8 Å². The molecule has 0 bridgehead atoms. The predicted molar refractivity (Wildman–Crippen MR) is 125 cm³/mol. The van der Waals surface area contributed by atoms with Gasteiger partial charge in [-0.05, 0) is 55.9 Å². The monoisotopic (exact) mass is 459 g/mol. The van der Waals surface area contributed by atoms with Crippen LogP contribution in [0, 0.1) is 5.92 Å². The van der Waals surface area contributed by atoms with Crippen molar-refractivity contribution in [3.8, 4) is 5.75 Å². The molecule has 2 heterocycles. The first-order valence-corrected chi connectivity index (χ1v) is 11.2. The number of thiophene rings is 1. The zero-order valence-corrected chi connectivity index (χ0v) is 19.5. The highest BCUT2D eigenvalue weighted by molar-refractivity contribution is 7.12. The summed E-state index contributed by atoms with van der Waals surface area (Å²) in [6.45, 7) is 7.71. The van der Waals surface area contributed by atoms with Gasteiger partial charge in [0.25, 0.3) is 0 Å². The fourth-order valence-electron chi connectivity index (χ4n) is 3.11. The van der Waals surface area contributed by atoms with Crippen LogP contribution >= 0.6 is 11.3 Å². The molecule has 172 valence electrons. The summed E-state index contributed by atoms with van der Waals surface area (Å²) in [6.07, 6.45) is 5.58. The fraction of sp³-hybridized carbons (Fsp3) is 0.375. The Morgan fingerprint density at radius 1 is 1.25 bits per heavy atom. The van der Waals surface area contributed by atoms with Crippen molar-refractivity contribution < 1.29 is 24.2 Å². The number of carbonyl (C=O) groups is 2. The van der Waals surface area contributed by atoms with E-state index < -0.39 is 23.3 Å². The van der Waals surface area contributed by atoms with Crippen molar-refractivity contribution in [2.24, 2.45) is 5.92 Å². The molecule has 7 nitrogen and oxygen atoms in total. The Morgan fingerprint density at radius 3 is 2.59 bits per heavy atom. The Balaban J connectivity index is 2.13. The van der Waals surface area contributed by atoms with Crippen LogP contribution in [0.25, 0.3) is 6.08 Å². The lowest BCUT2D eigenvalue weighted by atomic mass is 10.00. The summed E-state index contributed by atoms with van der Waals surface area (Å²) in [6, 6.07) is 5.27. The number of Topliss-reactive ketones (excluding diaryl/α,β-unsaturated/α-hetero) is 1. The zero-order chi connectivity index (χ0) is 23.8. The minimum atomic E-state index is -1.15. The molecule has 0 aromatic carbocycles. The van der Waals surface area contributed by atoms with Crippen LogP contribution in [-0.4, -0.2) is 22.1 Å². The molecule has 8 heteroatoms. The third-order valence-corrected chi connectivity index (χ3v) is 5.82. The second kappa shape index (κ2) is 11.5. The Morgan fingerprint density at radius 2 is 1.97 bits per heavy atom. The maximum absolute atomic E-state index is 12.8. The minimum Gasteiger partial charge on any atom is -0.507 e. The quantitative estimate of drug-likeness (QED) is 0.316. The van der Waals surface area contributed by atoms with Crippen LogP contribution in [0.2, 0.25) is 0 Å². The molecule has 0 aliphatic carbocycles. The SMILES string of the molecule is C/C(=C\c1ccc(CC(C)C)s1)C(=O)c1c(O)cc(C(C)CCC=CNC(=O)O)oc1=O. The maximum Gasteiger partial charge on any atom is 0.408 e. The van der Waals surface area contributed by atoms with E-state index in [9.17, 15) is 19.5 Å². The summed E-state index contributed by atoms with van der Waals surface area (Å²) in [5.74, 6) is -0.392. The number of hydrogen-bond donors (Lipinski definition) is 3. The van der Waals surface area contributed by atoms with Crippen LogP contribution in [0.15, 0.2) is 45.3 Å². The molecule has 2 aromatic rings. The molecule has 0 spiro atoms. The topological polar surface area (TPSA) is 117 Å². The number of hydrogen-bond acceptors (Lipinski definition) is 6. The first-order chi connectivity index (χ1) is 15.1. The molecule has 2 aromatic heterocycles. The summed E-state index contributed by atoms with van der Waals surface area (Å²) in [5, 5.41) is 21.0. The maximum atomic E-state index is 12.8. The Hall–Kier alpha value is -3.13.